The summed E-state index contributed by atoms with van der Waals surface area (Å²) in [6.07, 6.45) is -0.252. The van der Waals surface area contributed by atoms with E-state index in [9.17, 15) is 10.1 Å². The molecule has 0 aromatic heterocycles. The standard InChI is InChI=1S/C21H24N4O2S/c1-11(2)14-6-8-15(9-7-14)18-17(20(26)27-12(3)4)13(5)24-21-25(18)19(23)16(10-22)28-21/h6-9,11-12,18H,23H2,1-5H3/t18-/m0/s1. The van der Waals surface area contributed by atoms with E-state index < -0.39 is 12.0 Å². The van der Waals surface area contributed by atoms with E-state index in [1.54, 1.807) is 11.8 Å². The zero-order valence-corrected chi connectivity index (χ0v) is 17.5. The molecule has 2 N–H and O–H groups in total. The van der Waals surface area contributed by atoms with Gasteiger partial charge in [0.1, 0.15) is 16.8 Å². The van der Waals surface area contributed by atoms with Crippen molar-refractivity contribution in [3.63, 3.8) is 0 Å². The summed E-state index contributed by atoms with van der Waals surface area (Å²) in [4.78, 5) is 19.6. The summed E-state index contributed by atoms with van der Waals surface area (Å²) < 4.78 is 5.49. The monoisotopic (exact) mass is 396 g/mol. The molecule has 0 saturated heterocycles. The van der Waals surface area contributed by atoms with Crippen LogP contribution in [0.4, 0.5) is 0 Å². The van der Waals surface area contributed by atoms with Crippen molar-refractivity contribution in [2.24, 2.45) is 10.7 Å². The number of allylic oxidation sites excluding steroid dienone is 2. The van der Waals surface area contributed by atoms with Crippen molar-refractivity contribution in [1.29, 1.82) is 5.26 Å². The predicted molar refractivity (Wildman–Crippen MR) is 111 cm³/mol. The molecule has 0 spiro atoms. The first kappa shape index (κ1) is 20.0. The highest BCUT2D eigenvalue weighted by Gasteiger charge is 2.42. The van der Waals surface area contributed by atoms with Crippen LogP contribution in [0.1, 0.15) is 57.7 Å². The Morgan fingerprint density at radius 1 is 1.29 bits per heavy atom. The molecule has 0 unspecified atom stereocenters. The Hall–Kier alpha value is -2.72. The molecule has 146 valence electrons. The van der Waals surface area contributed by atoms with Gasteiger partial charge in [0, 0.05) is 0 Å². The first-order chi connectivity index (χ1) is 13.2. The molecule has 1 aromatic carbocycles. The molecule has 7 heteroatoms. The van der Waals surface area contributed by atoms with E-state index in [2.05, 4.69) is 37.0 Å². The van der Waals surface area contributed by atoms with Crippen LogP contribution in [0.5, 0.6) is 0 Å². The number of hydrogen-bond acceptors (Lipinski definition) is 7. The fourth-order valence-corrected chi connectivity index (χ4v) is 4.17. The summed E-state index contributed by atoms with van der Waals surface area (Å²) in [7, 11) is 0. The second-order valence-electron chi connectivity index (χ2n) is 7.37. The molecule has 28 heavy (non-hydrogen) atoms. The van der Waals surface area contributed by atoms with Crippen molar-refractivity contribution >= 4 is 22.9 Å². The third-order valence-electron chi connectivity index (χ3n) is 4.66. The Labute approximate surface area is 169 Å². The Morgan fingerprint density at radius 3 is 2.46 bits per heavy atom. The molecular weight excluding hydrogens is 372 g/mol. The highest BCUT2D eigenvalue weighted by molar-refractivity contribution is 8.17. The van der Waals surface area contributed by atoms with E-state index >= 15 is 0 Å². The zero-order chi connectivity index (χ0) is 20.6. The molecule has 1 atom stereocenters. The van der Waals surface area contributed by atoms with E-state index in [0.29, 0.717) is 33.1 Å². The van der Waals surface area contributed by atoms with Gasteiger partial charge in [-0.05, 0) is 49.6 Å². The number of esters is 1. The van der Waals surface area contributed by atoms with Gasteiger partial charge in [-0.2, -0.15) is 5.26 Å². The van der Waals surface area contributed by atoms with Gasteiger partial charge < -0.3 is 10.5 Å². The molecule has 0 radical (unpaired) electrons. The minimum absolute atomic E-state index is 0.252. The Morgan fingerprint density at radius 2 is 1.93 bits per heavy atom. The van der Waals surface area contributed by atoms with Crippen molar-refractivity contribution in [3.05, 3.63) is 57.4 Å². The van der Waals surface area contributed by atoms with Gasteiger partial charge >= 0.3 is 5.97 Å². The van der Waals surface area contributed by atoms with Crippen LogP contribution >= 0.6 is 11.8 Å². The van der Waals surface area contributed by atoms with Gasteiger partial charge in [0.2, 0.25) is 0 Å². The van der Waals surface area contributed by atoms with Crippen LogP contribution in [0.2, 0.25) is 0 Å². The van der Waals surface area contributed by atoms with E-state index in [1.165, 1.54) is 17.3 Å². The molecular formula is C21H24N4O2S. The molecule has 0 fully saturated rings. The van der Waals surface area contributed by atoms with Gasteiger partial charge in [-0.15, -0.1) is 0 Å². The smallest absolute Gasteiger partial charge is 0.338 e. The number of carbonyl (C=O) groups is 1. The maximum Gasteiger partial charge on any atom is 0.338 e. The normalized spacial score (nSPS) is 19.1. The molecule has 2 heterocycles. The fourth-order valence-electron chi connectivity index (χ4n) is 3.26. The second kappa shape index (κ2) is 7.72. The highest BCUT2D eigenvalue weighted by Crippen LogP contribution is 2.45. The lowest BCUT2D eigenvalue weighted by atomic mass is 9.92. The van der Waals surface area contributed by atoms with E-state index in [0.717, 1.165) is 5.56 Å². The number of carbonyl (C=O) groups excluding carboxylic acids is 1. The average molecular weight is 397 g/mol. The fraction of sp³-hybridized carbons (Fsp3) is 0.381. The Balaban J connectivity index is 2.14. The van der Waals surface area contributed by atoms with Crippen molar-refractivity contribution in [1.82, 2.24) is 4.90 Å². The molecule has 1 aromatic rings. The molecule has 0 saturated carbocycles. The Kier molecular flexibility index (Phi) is 5.52. The van der Waals surface area contributed by atoms with Crippen molar-refractivity contribution in [3.8, 4) is 6.07 Å². The van der Waals surface area contributed by atoms with Gasteiger partial charge in [0.05, 0.1) is 23.4 Å². The molecule has 2 aliphatic rings. The third kappa shape index (κ3) is 3.52. The molecule has 6 nitrogen and oxygen atoms in total. The van der Waals surface area contributed by atoms with Crippen molar-refractivity contribution in [2.75, 3.05) is 0 Å². The van der Waals surface area contributed by atoms with E-state index in [1.807, 2.05) is 26.0 Å². The van der Waals surface area contributed by atoms with Gasteiger partial charge in [-0.25, -0.2) is 9.79 Å². The van der Waals surface area contributed by atoms with Crippen LogP contribution in [0.3, 0.4) is 0 Å². The number of aliphatic imine (C=N–C) groups is 1. The summed E-state index contributed by atoms with van der Waals surface area (Å²) in [5.74, 6) is 0.292. The van der Waals surface area contributed by atoms with Gasteiger partial charge in [0.15, 0.2) is 5.17 Å². The lowest BCUT2D eigenvalue weighted by Crippen LogP contribution is -2.39. The number of fused-ring (bicyclic) bond motifs is 1. The van der Waals surface area contributed by atoms with Crippen LogP contribution < -0.4 is 5.73 Å². The van der Waals surface area contributed by atoms with Gasteiger partial charge in [-0.3, -0.25) is 4.90 Å². The van der Waals surface area contributed by atoms with Gasteiger partial charge in [-0.1, -0.05) is 38.1 Å². The van der Waals surface area contributed by atoms with Gasteiger partial charge in [0.25, 0.3) is 0 Å². The SMILES string of the molecule is CC1=C(C(=O)OC(C)C)[C@H](c2ccc(C(C)C)cc2)N2C(=N1)SC(C#N)=C2N. The van der Waals surface area contributed by atoms with E-state index in [4.69, 9.17) is 10.5 Å². The molecule has 0 bridgehead atoms. The van der Waals surface area contributed by atoms with Crippen LogP contribution in [0.25, 0.3) is 0 Å². The topological polar surface area (TPSA) is 91.7 Å². The number of benzene rings is 1. The summed E-state index contributed by atoms with van der Waals surface area (Å²) in [6.45, 7) is 9.68. The largest absolute Gasteiger partial charge is 0.459 e. The maximum absolute atomic E-state index is 12.9. The summed E-state index contributed by atoms with van der Waals surface area (Å²) in [5.41, 5.74) is 9.39. The number of nitriles is 1. The zero-order valence-electron chi connectivity index (χ0n) is 16.7. The molecule has 2 aliphatic heterocycles. The van der Waals surface area contributed by atoms with Crippen LogP contribution in [-0.4, -0.2) is 22.1 Å². The molecule has 3 rings (SSSR count). The molecule has 0 aliphatic carbocycles. The number of amidine groups is 1. The summed E-state index contributed by atoms with van der Waals surface area (Å²) in [6, 6.07) is 9.74. The number of ether oxygens (including phenoxy) is 1. The van der Waals surface area contributed by atoms with E-state index in [-0.39, 0.29) is 6.10 Å². The minimum atomic E-state index is -0.488. The lowest BCUT2D eigenvalue weighted by Gasteiger charge is -2.35. The quantitative estimate of drug-likeness (QED) is 0.769. The van der Waals surface area contributed by atoms with Crippen LogP contribution in [-0.2, 0) is 9.53 Å². The Bertz CT molecular complexity index is 936. The first-order valence-corrected chi connectivity index (χ1v) is 10.0. The van der Waals surface area contributed by atoms with Crippen molar-refractivity contribution in [2.45, 2.75) is 52.7 Å². The third-order valence-corrected chi connectivity index (χ3v) is 5.63. The van der Waals surface area contributed by atoms with Crippen molar-refractivity contribution < 1.29 is 9.53 Å². The summed E-state index contributed by atoms with van der Waals surface area (Å²) >= 11 is 1.22. The summed E-state index contributed by atoms with van der Waals surface area (Å²) in [5, 5.41) is 10.0. The maximum atomic E-state index is 12.9. The predicted octanol–water partition coefficient (Wildman–Crippen LogP) is 4.15. The number of rotatable bonds is 4. The first-order valence-electron chi connectivity index (χ1n) is 9.21. The second-order valence-corrected chi connectivity index (χ2v) is 8.35. The number of hydrogen-bond donors (Lipinski definition) is 1. The van der Waals surface area contributed by atoms with Crippen LogP contribution in [0, 0.1) is 11.3 Å². The lowest BCUT2D eigenvalue weighted by molar-refractivity contribution is -0.143. The average Bonchev–Trinajstić information content (AvgIpc) is 2.95. The number of nitrogens with zero attached hydrogens (tertiary/aromatic N) is 3. The minimum Gasteiger partial charge on any atom is -0.459 e. The van der Waals surface area contributed by atoms with Crippen LogP contribution in [0.15, 0.2) is 51.3 Å². The number of thioether (sulfide) groups is 1. The highest BCUT2D eigenvalue weighted by atomic mass is 32.2. The molecule has 0 amide bonds. The number of nitrogens with two attached hydrogens (primary N) is 1.